The van der Waals surface area contributed by atoms with Crippen molar-refractivity contribution in [2.75, 3.05) is 26.4 Å². The molecule has 1 amide bonds. The third-order valence-electron chi connectivity index (χ3n) is 4.54. The summed E-state index contributed by atoms with van der Waals surface area (Å²) in [6.45, 7) is 8.06. The van der Waals surface area contributed by atoms with Gasteiger partial charge >= 0.3 is 0 Å². The quantitative estimate of drug-likeness (QED) is 0.501. The van der Waals surface area contributed by atoms with Gasteiger partial charge in [0.15, 0.2) is 11.5 Å². The van der Waals surface area contributed by atoms with Crippen LogP contribution in [0.5, 0.6) is 17.2 Å². The molecule has 0 radical (unpaired) electrons. The van der Waals surface area contributed by atoms with Crippen LogP contribution in [0.3, 0.4) is 0 Å². The fraction of sp³-hybridized carbons (Fsp3) is 0.333. The molecular formula is C24H29N3O4. The monoisotopic (exact) mass is 423 g/mol. The van der Waals surface area contributed by atoms with E-state index in [1.54, 1.807) is 12.1 Å². The normalized spacial score (nSPS) is 10.5. The molecule has 0 aliphatic carbocycles. The molecule has 3 aromatic rings. The Morgan fingerprint density at radius 1 is 0.935 bits per heavy atom. The maximum Gasteiger partial charge on any atom is 0.251 e. The predicted molar refractivity (Wildman–Crippen MR) is 120 cm³/mol. The molecule has 0 aliphatic heterocycles. The number of carbonyl (C=O) groups is 1. The van der Waals surface area contributed by atoms with E-state index in [1.807, 2.05) is 68.2 Å². The summed E-state index contributed by atoms with van der Waals surface area (Å²) in [5.74, 6) is 1.31. The van der Waals surface area contributed by atoms with Gasteiger partial charge in [0.05, 0.1) is 32.6 Å². The molecule has 0 fully saturated rings. The van der Waals surface area contributed by atoms with Crippen LogP contribution in [0.2, 0.25) is 0 Å². The Balaban J connectivity index is 1.66. The molecule has 0 spiro atoms. The first-order valence-corrected chi connectivity index (χ1v) is 10.6. The highest BCUT2D eigenvalue weighted by Gasteiger charge is 2.18. The summed E-state index contributed by atoms with van der Waals surface area (Å²) in [5.41, 5.74) is 2.61. The van der Waals surface area contributed by atoms with Crippen molar-refractivity contribution in [3.8, 4) is 28.4 Å². The molecule has 1 heterocycles. The zero-order valence-electron chi connectivity index (χ0n) is 18.3. The Hall–Kier alpha value is -3.48. The molecular weight excluding hydrogens is 394 g/mol. The lowest BCUT2D eigenvalue weighted by molar-refractivity contribution is 0.0950. The van der Waals surface area contributed by atoms with Crippen LogP contribution in [0.15, 0.2) is 54.9 Å². The summed E-state index contributed by atoms with van der Waals surface area (Å²) in [4.78, 5) is 12.8. The van der Waals surface area contributed by atoms with E-state index in [1.165, 1.54) is 0 Å². The van der Waals surface area contributed by atoms with E-state index in [-0.39, 0.29) is 5.91 Å². The minimum Gasteiger partial charge on any atom is -0.490 e. The molecule has 164 valence electrons. The van der Waals surface area contributed by atoms with Crippen molar-refractivity contribution < 1.29 is 19.0 Å². The van der Waals surface area contributed by atoms with E-state index >= 15 is 0 Å². The predicted octanol–water partition coefficient (Wildman–Crippen LogP) is 4.18. The van der Waals surface area contributed by atoms with E-state index in [0.717, 1.165) is 11.1 Å². The number of hydrogen-bond acceptors (Lipinski definition) is 5. The second-order valence-electron chi connectivity index (χ2n) is 6.71. The van der Waals surface area contributed by atoms with Gasteiger partial charge in [-0.15, -0.1) is 0 Å². The molecule has 1 N–H and O–H groups in total. The lowest BCUT2D eigenvalue weighted by Crippen LogP contribution is -2.27. The molecule has 0 saturated heterocycles. The van der Waals surface area contributed by atoms with Crippen molar-refractivity contribution in [1.82, 2.24) is 15.1 Å². The van der Waals surface area contributed by atoms with Crippen LogP contribution in [0, 0.1) is 0 Å². The number of aromatic nitrogens is 2. The van der Waals surface area contributed by atoms with Gasteiger partial charge in [0.1, 0.15) is 0 Å². The summed E-state index contributed by atoms with van der Waals surface area (Å²) in [7, 11) is 0. The number of carbonyl (C=O) groups excluding carboxylic acids is 1. The Kier molecular flexibility index (Phi) is 7.92. The second-order valence-corrected chi connectivity index (χ2v) is 6.71. The van der Waals surface area contributed by atoms with Crippen molar-refractivity contribution in [3.63, 3.8) is 0 Å². The topological polar surface area (TPSA) is 74.6 Å². The molecule has 7 heteroatoms. The van der Waals surface area contributed by atoms with Crippen LogP contribution in [-0.2, 0) is 6.54 Å². The number of amides is 1. The maximum atomic E-state index is 12.8. The molecule has 31 heavy (non-hydrogen) atoms. The first kappa shape index (κ1) is 22.2. The van der Waals surface area contributed by atoms with E-state index in [4.69, 9.17) is 14.2 Å². The van der Waals surface area contributed by atoms with Gasteiger partial charge in [0, 0.05) is 23.9 Å². The number of ether oxygens (including phenoxy) is 3. The van der Waals surface area contributed by atoms with Crippen molar-refractivity contribution in [2.24, 2.45) is 0 Å². The summed E-state index contributed by atoms with van der Waals surface area (Å²) < 4.78 is 18.9. The van der Waals surface area contributed by atoms with Gasteiger partial charge in [-0.1, -0.05) is 30.3 Å². The van der Waals surface area contributed by atoms with Gasteiger partial charge in [-0.3, -0.25) is 9.48 Å². The number of rotatable bonds is 11. The van der Waals surface area contributed by atoms with Gasteiger partial charge in [0.25, 0.3) is 5.91 Å². The Morgan fingerprint density at radius 3 is 2.19 bits per heavy atom. The Labute approximate surface area is 182 Å². The molecule has 7 nitrogen and oxygen atoms in total. The van der Waals surface area contributed by atoms with Crippen LogP contribution in [0.25, 0.3) is 11.1 Å². The average Bonchev–Trinajstić information content (AvgIpc) is 3.25. The minimum absolute atomic E-state index is 0.208. The van der Waals surface area contributed by atoms with E-state index < -0.39 is 0 Å². The standard InChI is InChI=1S/C24H29N3O4/c1-4-29-21-14-19(15-22(30-5-2)23(21)31-6-3)24(28)25-12-13-27-17-20(16-26-27)18-10-8-7-9-11-18/h7-11,14-17H,4-6,12-13H2,1-3H3,(H,25,28). The second kappa shape index (κ2) is 11.1. The highest BCUT2D eigenvalue weighted by Crippen LogP contribution is 2.39. The third-order valence-corrected chi connectivity index (χ3v) is 4.54. The van der Waals surface area contributed by atoms with Crippen molar-refractivity contribution >= 4 is 5.91 Å². The number of benzene rings is 2. The highest BCUT2D eigenvalue weighted by atomic mass is 16.5. The van der Waals surface area contributed by atoms with Crippen molar-refractivity contribution in [1.29, 1.82) is 0 Å². The van der Waals surface area contributed by atoms with Gasteiger partial charge in [-0.2, -0.15) is 5.10 Å². The lowest BCUT2D eigenvalue weighted by atomic mass is 10.1. The lowest BCUT2D eigenvalue weighted by Gasteiger charge is -2.17. The Morgan fingerprint density at radius 2 is 1.58 bits per heavy atom. The average molecular weight is 424 g/mol. The summed E-state index contributed by atoms with van der Waals surface area (Å²) in [5, 5.41) is 7.31. The molecule has 0 bridgehead atoms. The molecule has 1 aromatic heterocycles. The SMILES string of the molecule is CCOc1cc(C(=O)NCCn2cc(-c3ccccc3)cn2)cc(OCC)c1OCC. The van der Waals surface area contributed by atoms with E-state index in [2.05, 4.69) is 10.4 Å². The number of nitrogens with zero attached hydrogens (tertiary/aromatic N) is 2. The van der Waals surface area contributed by atoms with Crippen molar-refractivity contribution in [3.05, 3.63) is 60.4 Å². The maximum absolute atomic E-state index is 12.8. The number of nitrogens with one attached hydrogen (secondary N) is 1. The van der Waals surface area contributed by atoms with Crippen LogP contribution >= 0.6 is 0 Å². The van der Waals surface area contributed by atoms with Crippen LogP contribution < -0.4 is 19.5 Å². The van der Waals surface area contributed by atoms with Crippen LogP contribution in [-0.4, -0.2) is 42.1 Å². The fourth-order valence-electron chi connectivity index (χ4n) is 3.17. The third kappa shape index (κ3) is 5.78. The minimum atomic E-state index is -0.208. The van der Waals surface area contributed by atoms with Gasteiger partial charge < -0.3 is 19.5 Å². The highest BCUT2D eigenvalue weighted by molar-refractivity contribution is 5.95. The Bertz CT molecular complexity index is 958. The molecule has 2 aromatic carbocycles. The molecule has 0 unspecified atom stereocenters. The van der Waals surface area contributed by atoms with Gasteiger partial charge in [-0.05, 0) is 38.5 Å². The van der Waals surface area contributed by atoms with Crippen LogP contribution in [0.4, 0.5) is 0 Å². The van der Waals surface area contributed by atoms with Gasteiger partial charge in [0.2, 0.25) is 5.75 Å². The van der Waals surface area contributed by atoms with Crippen molar-refractivity contribution in [2.45, 2.75) is 27.3 Å². The summed E-state index contributed by atoms with van der Waals surface area (Å²) in [6, 6.07) is 13.4. The smallest absolute Gasteiger partial charge is 0.251 e. The first-order valence-electron chi connectivity index (χ1n) is 10.6. The summed E-state index contributed by atoms with van der Waals surface area (Å²) >= 11 is 0. The largest absolute Gasteiger partial charge is 0.490 e. The molecule has 3 rings (SSSR count). The molecule has 0 aliphatic rings. The molecule has 0 atom stereocenters. The van der Waals surface area contributed by atoms with Gasteiger partial charge in [-0.25, -0.2) is 0 Å². The van der Waals surface area contributed by atoms with E-state index in [9.17, 15) is 4.79 Å². The zero-order valence-corrected chi connectivity index (χ0v) is 18.3. The first-order chi connectivity index (χ1) is 15.2. The zero-order chi connectivity index (χ0) is 22.1. The van der Waals surface area contributed by atoms with Crippen LogP contribution in [0.1, 0.15) is 31.1 Å². The summed E-state index contributed by atoms with van der Waals surface area (Å²) in [6.07, 6.45) is 3.80. The molecule has 0 saturated carbocycles. The fourth-order valence-corrected chi connectivity index (χ4v) is 3.17. The van der Waals surface area contributed by atoms with E-state index in [0.29, 0.717) is 55.7 Å². The number of hydrogen-bond donors (Lipinski definition) is 1.